The Hall–Kier alpha value is -2.87. The van der Waals surface area contributed by atoms with Crippen molar-refractivity contribution < 1.29 is 19.1 Å². The van der Waals surface area contributed by atoms with Crippen LogP contribution in [0.4, 0.5) is 4.79 Å². The molecule has 0 spiro atoms. The number of benzene rings is 1. The lowest BCUT2D eigenvalue weighted by Gasteiger charge is -2.39. The van der Waals surface area contributed by atoms with Crippen LogP contribution in [0.5, 0.6) is 0 Å². The van der Waals surface area contributed by atoms with Crippen LogP contribution >= 0.6 is 0 Å². The first-order valence-electron chi connectivity index (χ1n) is 11.3. The highest BCUT2D eigenvalue weighted by Gasteiger charge is 2.38. The molecular weight excluding hydrogens is 408 g/mol. The standard InChI is InChI=1S/C24H34N4O4/c1-6-20(29)28-12-10-27(11-13-28)15-19-21(23(30)32-7-2)22(25-24(31)26(19)5)18-9-8-16(3)14-17(18)4/h8-9,14,22H,6-7,10-13,15H2,1-5H3,(H,25,31). The van der Waals surface area contributed by atoms with Crippen molar-refractivity contribution in [2.45, 2.75) is 40.2 Å². The Bertz CT molecular complexity index is 919. The minimum Gasteiger partial charge on any atom is -0.463 e. The molecule has 1 atom stereocenters. The normalized spacial score (nSPS) is 19.8. The maximum Gasteiger partial charge on any atom is 0.338 e. The number of ether oxygens (including phenoxy) is 1. The highest BCUT2D eigenvalue weighted by molar-refractivity contribution is 5.95. The minimum atomic E-state index is -0.573. The van der Waals surface area contributed by atoms with Gasteiger partial charge in [-0.1, -0.05) is 30.7 Å². The van der Waals surface area contributed by atoms with Crippen LogP contribution in [0.2, 0.25) is 0 Å². The molecule has 3 rings (SSSR count). The summed E-state index contributed by atoms with van der Waals surface area (Å²) in [4.78, 5) is 43.6. The van der Waals surface area contributed by atoms with Gasteiger partial charge in [0, 0.05) is 51.9 Å². The van der Waals surface area contributed by atoms with E-state index in [1.807, 2.05) is 43.9 Å². The molecule has 3 amide bonds. The van der Waals surface area contributed by atoms with Gasteiger partial charge in [0.1, 0.15) is 0 Å². The molecule has 174 valence electrons. The van der Waals surface area contributed by atoms with Gasteiger partial charge in [-0.2, -0.15) is 0 Å². The number of aryl methyl sites for hydroxylation is 2. The Kier molecular flexibility index (Phi) is 7.56. The zero-order valence-corrected chi connectivity index (χ0v) is 19.7. The molecule has 0 radical (unpaired) electrons. The Morgan fingerprint density at radius 1 is 1.12 bits per heavy atom. The molecule has 1 aromatic rings. The van der Waals surface area contributed by atoms with Crippen LogP contribution < -0.4 is 5.32 Å². The van der Waals surface area contributed by atoms with E-state index < -0.39 is 12.0 Å². The van der Waals surface area contributed by atoms with Crippen LogP contribution in [0.15, 0.2) is 29.5 Å². The van der Waals surface area contributed by atoms with E-state index >= 15 is 0 Å². The van der Waals surface area contributed by atoms with Crippen molar-refractivity contribution in [3.8, 4) is 0 Å². The number of hydrogen-bond acceptors (Lipinski definition) is 5. The number of rotatable bonds is 6. The summed E-state index contributed by atoms with van der Waals surface area (Å²) in [5.74, 6) is -0.265. The molecule has 0 bridgehead atoms. The van der Waals surface area contributed by atoms with Crippen LogP contribution in [0.1, 0.15) is 43.0 Å². The van der Waals surface area contributed by atoms with E-state index in [1.54, 1.807) is 14.0 Å². The lowest BCUT2D eigenvalue weighted by atomic mass is 9.90. The molecule has 0 aliphatic carbocycles. The zero-order chi connectivity index (χ0) is 23.4. The van der Waals surface area contributed by atoms with E-state index in [4.69, 9.17) is 4.74 Å². The van der Waals surface area contributed by atoms with Gasteiger partial charge in [0.15, 0.2) is 0 Å². The molecule has 1 saturated heterocycles. The van der Waals surface area contributed by atoms with Crippen molar-refractivity contribution in [2.24, 2.45) is 0 Å². The predicted molar refractivity (Wildman–Crippen MR) is 122 cm³/mol. The number of hydrogen-bond donors (Lipinski definition) is 1. The Morgan fingerprint density at radius 2 is 1.81 bits per heavy atom. The van der Waals surface area contributed by atoms with Gasteiger partial charge in [-0.05, 0) is 31.9 Å². The molecule has 1 aromatic carbocycles. The number of piperazine rings is 1. The SMILES string of the molecule is CCOC(=O)C1=C(CN2CCN(C(=O)CC)CC2)N(C)C(=O)NC1c1ccc(C)cc1C. The molecule has 1 N–H and O–H groups in total. The number of carbonyl (C=O) groups is 3. The number of likely N-dealkylation sites (N-methyl/N-ethyl adjacent to an activating group) is 1. The monoisotopic (exact) mass is 442 g/mol. The first kappa shape index (κ1) is 23.8. The molecule has 8 nitrogen and oxygen atoms in total. The lowest BCUT2D eigenvalue weighted by Crippen LogP contribution is -2.53. The van der Waals surface area contributed by atoms with Gasteiger partial charge in [-0.15, -0.1) is 0 Å². The molecule has 0 aromatic heterocycles. The number of carbonyl (C=O) groups excluding carboxylic acids is 3. The van der Waals surface area contributed by atoms with E-state index in [-0.39, 0.29) is 18.5 Å². The topological polar surface area (TPSA) is 82.2 Å². The van der Waals surface area contributed by atoms with Crippen molar-refractivity contribution in [3.63, 3.8) is 0 Å². The predicted octanol–water partition coefficient (Wildman–Crippen LogP) is 2.37. The van der Waals surface area contributed by atoms with Gasteiger partial charge in [0.25, 0.3) is 0 Å². The second-order valence-corrected chi connectivity index (χ2v) is 8.39. The molecule has 2 aliphatic heterocycles. The number of nitrogens with one attached hydrogen (secondary N) is 1. The summed E-state index contributed by atoms with van der Waals surface area (Å²) < 4.78 is 5.42. The summed E-state index contributed by atoms with van der Waals surface area (Å²) in [6, 6.07) is 5.17. The van der Waals surface area contributed by atoms with Gasteiger partial charge < -0.3 is 15.0 Å². The Labute approximate surface area is 190 Å². The second-order valence-electron chi connectivity index (χ2n) is 8.39. The van der Waals surface area contributed by atoms with Gasteiger partial charge in [0.2, 0.25) is 5.91 Å². The highest BCUT2D eigenvalue weighted by Crippen LogP contribution is 2.33. The Balaban J connectivity index is 1.96. The van der Waals surface area contributed by atoms with Crippen LogP contribution in [0.25, 0.3) is 0 Å². The summed E-state index contributed by atoms with van der Waals surface area (Å²) in [5.41, 5.74) is 4.12. The molecule has 8 heteroatoms. The van der Waals surface area contributed by atoms with Crippen molar-refractivity contribution in [1.29, 1.82) is 0 Å². The molecule has 0 saturated carbocycles. The van der Waals surface area contributed by atoms with Gasteiger partial charge >= 0.3 is 12.0 Å². The second kappa shape index (κ2) is 10.2. The van der Waals surface area contributed by atoms with Crippen LogP contribution in [0, 0.1) is 13.8 Å². The van der Waals surface area contributed by atoms with E-state index in [0.29, 0.717) is 50.4 Å². The van der Waals surface area contributed by atoms with E-state index in [0.717, 1.165) is 16.7 Å². The van der Waals surface area contributed by atoms with Crippen molar-refractivity contribution in [3.05, 3.63) is 46.2 Å². The van der Waals surface area contributed by atoms with Gasteiger partial charge in [-0.25, -0.2) is 9.59 Å². The summed E-state index contributed by atoms with van der Waals surface area (Å²) in [6.45, 7) is 11.0. The molecular formula is C24H34N4O4. The number of nitrogens with zero attached hydrogens (tertiary/aromatic N) is 3. The molecule has 32 heavy (non-hydrogen) atoms. The third kappa shape index (κ3) is 4.96. The molecule has 2 heterocycles. The molecule has 1 fully saturated rings. The average Bonchev–Trinajstić information content (AvgIpc) is 2.77. The summed E-state index contributed by atoms with van der Waals surface area (Å²) >= 11 is 0. The summed E-state index contributed by atoms with van der Waals surface area (Å²) in [7, 11) is 1.68. The van der Waals surface area contributed by atoms with E-state index in [9.17, 15) is 14.4 Å². The lowest BCUT2D eigenvalue weighted by molar-refractivity contribution is -0.139. The third-order valence-electron chi connectivity index (χ3n) is 6.21. The van der Waals surface area contributed by atoms with Crippen molar-refractivity contribution in [2.75, 3.05) is 46.4 Å². The fourth-order valence-electron chi connectivity index (χ4n) is 4.37. The smallest absolute Gasteiger partial charge is 0.338 e. The largest absolute Gasteiger partial charge is 0.463 e. The first-order valence-corrected chi connectivity index (χ1v) is 11.3. The Morgan fingerprint density at radius 3 is 2.41 bits per heavy atom. The maximum atomic E-state index is 13.1. The zero-order valence-electron chi connectivity index (χ0n) is 19.7. The third-order valence-corrected chi connectivity index (χ3v) is 6.21. The fraction of sp³-hybridized carbons (Fsp3) is 0.542. The fourth-order valence-corrected chi connectivity index (χ4v) is 4.37. The van der Waals surface area contributed by atoms with Crippen molar-refractivity contribution in [1.82, 2.24) is 20.0 Å². The quantitative estimate of drug-likeness (QED) is 0.684. The van der Waals surface area contributed by atoms with Crippen LogP contribution in [0.3, 0.4) is 0 Å². The summed E-state index contributed by atoms with van der Waals surface area (Å²) in [5, 5.41) is 2.99. The minimum absolute atomic E-state index is 0.153. The van der Waals surface area contributed by atoms with E-state index in [1.165, 1.54) is 4.90 Å². The maximum absolute atomic E-state index is 13.1. The highest BCUT2D eigenvalue weighted by atomic mass is 16.5. The van der Waals surface area contributed by atoms with Crippen LogP contribution in [-0.4, -0.2) is 79.0 Å². The summed E-state index contributed by atoms with van der Waals surface area (Å²) in [6.07, 6.45) is 0.499. The number of esters is 1. The van der Waals surface area contributed by atoms with Gasteiger partial charge in [-0.3, -0.25) is 14.6 Å². The average molecular weight is 443 g/mol. The van der Waals surface area contributed by atoms with Gasteiger partial charge in [0.05, 0.1) is 18.2 Å². The number of amides is 3. The van der Waals surface area contributed by atoms with Crippen LogP contribution in [-0.2, 0) is 14.3 Å². The molecule has 2 aliphatic rings. The first-order chi connectivity index (χ1) is 15.3. The van der Waals surface area contributed by atoms with Crippen molar-refractivity contribution >= 4 is 17.9 Å². The number of urea groups is 1. The van der Waals surface area contributed by atoms with E-state index in [2.05, 4.69) is 10.2 Å². The molecule has 1 unspecified atom stereocenters.